The number of aromatic hydroxyl groups is 1. The number of phenolic OH excluding ortho intramolecular Hbond substituents is 1. The molecule has 3 nitrogen and oxygen atoms in total. The Morgan fingerprint density at radius 3 is 2.95 bits per heavy atom. The van der Waals surface area contributed by atoms with Gasteiger partial charge < -0.3 is 14.9 Å². The Bertz CT molecular complexity index is 718. The second kappa shape index (κ2) is 4.89. The number of fused-ring (bicyclic) bond motifs is 5. The number of hydrogen-bond acceptors (Lipinski definition) is 3. The summed E-state index contributed by atoms with van der Waals surface area (Å²) < 4.78 is 30.1. The third-order valence-corrected chi connectivity index (χ3v) is 6.44. The summed E-state index contributed by atoms with van der Waals surface area (Å²) in [7, 11) is 1.55. The lowest BCUT2D eigenvalue weighted by atomic mass is 9.55. The summed E-state index contributed by atoms with van der Waals surface area (Å²) in [5, 5.41) is 20.8. The van der Waals surface area contributed by atoms with Crippen LogP contribution in [0.25, 0.3) is 0 Å². The second-order valence-electron chi connectivity index (χ2n) is 7.32. The molecule has 3 aliphatic carbocycles. The molecule has 0 amide bonds. The van der Waals surface area contributed by atoms with Gasteiger partial charge >= 0.3 is 0 Å². The van der Waals surface area contributed by atoms with Crippen LogP contribution in [0.1, 0.15) is 60.1 Å². The maximum absolute atomic E-state index is 10.7. The number of phenols is 1. The Morgan fingerprint density at radius 2 is 2.18 bits per heavy atom. The Hall–Kier alpha value is -1.22. The molecule has 0 saturated heterocycles. The number of rotatable bonds is 1. The molecule has 0 spiro atoms. The fourth-order valence-corrected chi connectivity index (χ4v) is 5.15. The molecule has 2 fully saturated rings. The van der Waals surface area contributed by atoms with E-state index >= 15 is 0 Å². The lowest BCUT2D eigenvalue weighted by Gasteiger charge is -2.50. The van der Waals surface area contributed by atoms with Gasteiger partial charge in [-0.2, -0.15) is 0 Å². The predicted molar refractivity (Wildman–Crippen MR) is 85.3 cm³/mol. The van der Waals surface area contributed by atoms with Crippen molar-refractivity contribution in [2.24, 2.45) is 17.3 Å². The largest absolute Gasteiger partial charge is 0.504 e. The van der Waals surface area contributed by atoms with E-state index in [4.69, 9.17) is 8.85 Å². The quantitative estimate of drug-likeness (QED) is 0.833. The Morgan fingerprint density at radius 1 is 1.36 bits per heavy atom. The average Bonchev–Trinajstić information content (AvgIpc) is 2.69. The van der Waals surface area contributed by atoms with Crippen LogP contribution in [-0.4, -0.2) is 23.4 Å². The molecule has 0 aliphatic heterocycles. The highest BCUT2D eigenvalue weighted by atomic mass is 16.5. The van der Waals surface area contributed by atoms with Crippen molar-refractivity contribution in [3.8, 4) is 11.5 Å². The van der Waals surface area contributed by atoms with Gasteiger partial charge in [0.1, 0.15) is 0 Å². The number of benzene rings is 1. The Kier molecular flexibility index (Phi) is 2.52. The van der Waals surface area contributed by atoms with Gasteiger partial charge in [0.15, 0.2) is 11.5 Å². The molecule has 2 N–H and O–H groups in total. The fraction of sp³-hybridized carbons (Fsp3) is 0.684. The van der Waals surface area contributed by atoms with Gasteiger partial charge in [-0.1, -0.05) is 6.92 Å². The molecule has 2 saturated carbocycles. The van der Waals surface area contributed by atoms with Crippen LogP contribution in [0.3, 0.4) is 0 Å². The predicted octanol–water partition coefficient (Wildman–Crippen LogP) is 3.62. The van der Waals surface area contributed by atoms with Crippen LogP contribution in [0, 0.1) is 17.3 Å². The standard InChI is InChI=1S/C19H26O3/c1-19-8-7-12-13(15(19)5-6-18(19)21)4-3-11-9-16(20)17(22-2)10-14(11)12/h9-10,12-13,15,18,20-21H,3-8H2,1-2H3/t12?,13?,15?,18-,19-/m0/s1/i6D2,18D. The summed E-state index contributed by atoms with van der Waals surface area (Å²) in [5.74, 6) is 1.18. The molecular formula is C19H26O3. The molecule has 0 bridgehead atoms. The van der Waals surface area contributed by atoms with E-state index in [1.54, 1.807) is 13.2 Å². The molecule has 5 atom stereocenters. The molecule has 3 aliphatic rings. The highest BCUT2D eigenvalue weighted by molar-refractivity contribution is 5.49. The van der Waals surface area contributed by atoms with Crippen LogP contribution in [0.2, 0.25) is 0 Å². The zero-order chi connectivity index (χ0) is 18.2. The number of aryl methyl sites for hydroxylation is 1. The molecule has 120 valence electrons. The molecule has 3 unspecified atom stereocenters. The molecular weight excluding hydrogens is 276 g/mol. The van der Waals surface area contributed by atoms with E-state index in [-0.39, 0.29) is 29.9 Å². The molecule has 1 aromatic carbocycles. The van der Waals surface area contributed by atoms with E-state index in [0.29, 0.717) is 12.2 Å². The molecule has 0 aromatic heterocycles. The van der Waals surface area contributed by atoms with Crippen molar-refractivity contribution in [3.05, 3.63) is 23.3 Å². The normalized spacial score (nSPS) is 47.4. The van der Waals surface area contributed by atoms with Crippen molar-refractivity contribution < 1.29 is 19.1 Å². The first-order chi connectivity index (χ1) is 11.6. The van der Waals surface area contributed by atoms with Gasteiger partial charge in [0.2, 0.25) is 0 Å². The minimum atomic E-state index is -2.04. The summed E-state index contributed by atoms with van der Waals surface area (Å²) in [6, 6.07) is 3.73. The van der Waals surface area contributed by atoms with E-state index in [2.05, 4.69) is 0 Å². The fourth-order valence-electron chi connectivity index (χ4n) is 5.15. The minimum absolute atomic E-state index is 0.00306. The van der Waals surface area contributed by atoms with Crippen molar-refractivity contribution in [1.82, 2.24) is 0 Å². The van der Waals surface area contributed by atoms with Crippen LogP contribution in [0.15, 0.2) is 12.1 Å². The van der Waals surface area contributed by atoms with Gasteiger partial charge in [-0.25, -0.2) is 0 Å². The molecule has 3 heteroatoms. The number of ether oxygens (including phenoxy) is 1. The third kappa shape index (κ3) is 1.84. The number of methoxy groups -OCH3 is 1. The third-order valence-electron chi connectivity index (χ3n) is 6.44. The van der Waals surface area contributed by atoms with Gasteiger partial charge in [-0.05, 0) is 84.9 Å². The monoisotopic (exact) mass is 305 g/mol. The molecule has 1 aromatic rings. The smallest absolute Gasteiger partial charge is 0.160 e. The Balaban J connectivity index is 1.75. The molecule has 0 heterocycles. The van der Waals surface area contributed by atoms with Gasteiger partial charge in [0.05, 0.1) is 14.6 Å². The lowest BCUT2D eigenvalue weighted by Crippen LogP contribution is -2.43. The number of hydrogen-bond donors (Lipinski definition) is 2. The topological polar surface area (TPSA) is 49.7 Å². The highest BCUT2D eigenvalue weighted by Crippen LogP contribution is 2.61. The summed E-state index contributed by atoms with van der Waals surface area (Å²) in [6.07, 6.45) is -0.460. The van der Waals surface area contributed by atoms with E-state index in [9.17, 15) is 10.2 Å². The van der Waals surface area contributed by atoms with E-state index in [1.807, 2.05) is 13.0 Å². The van der Waals surface area contributed by atoms with Gasteiger partial charge in [0, 0.05) is 2.74 Å². The Labute approximate surface area is 136 Å². The first kappa shape index (κ1) is 11.3. The van der Waals surface area contributed by atoms with E-state index in [0.717, 1.165) is 24.8 Å². The van der Waals surface area contributed by atoms with Crippen LogP contribution in [0.4, 0.5) is 0 Å². The van der Waals surface area contributed by atoms with Crippen LogP contribution in [-0.2, 0) is 6.42 Å². The molecule has 22 heavy (non-hydrogen) atoms. The van der Waals surface area contributed by atoms with Crippen LogP contribution < -0.4 is 4.74 Å². The zero-order valence-electron chi connectivity index (χ0n) is 16.2. The highest BCUT2D eigenvalue weighted by Gasteiger charge is 2.54. The summed E-state index contributed by atoms with van der Waals surface area (Å²) in [6.45, 7) is 1.90. The molecule has 4 rings (SSSR count). The first-order valence-corrected chi connectivity index (χ1v) is 8.24. The summed E-state index contributed by atoms with van der Waals surface area (Å²) >= 11 is 0. The zero-order valence-corrected chi connectivity index (χ0v) is 13.2. The van der Waals surface area contributed by atoms with Crippen LogP contribution in [0.5, 0.6) is 11.5 Å². The van der Waals surface area contributed by atoms with Crippen molar-refractivity contribution >= 4 is 0 Å². The van der Waals surface area contributed by atoms with Gasteiger partial charge in [0.25, 0.3) is 0 Å². The maximum Gasteiger partial charge on any atom is 0.160 e. The maximum atomic E-state index is 10.7. The lowest BCUT2D eigenvalue weighted by molar-refractivity contribution is -0.0226. The van der Waals surface area contributed by atoms with Crippen molar-refractivity contribution in [1.29, 1.82) is 0 Å². The van der Waals surface area contributed by atoms with Crippen molar-refractivity contribution in [2.75, 3.05) is 7.11 Å². The first-order valence-electron chi connectivity index (χ1n) is 9.74. The summed E-state index contributed by atoms with van der Waals surface area (Å²) in [5.41, 5.74) is 1.62. The van der Waals surface area contributed by atoms with Gasteiger partial charge in [-0.15, -0.1) is 0 Å². The second-order valence-corrected chi connectivity index (χ2v) is 7.32. The number of aliphatic hydroxyl groups is 1. The van der Waals surface area contributed by atoms with Gasteiger partial charge in [-0.3, -0.25) is 0 Å². The summed E-state index contributed by atoms with van der Waals surface area (Å²) in [4.78, 5) is 0. The average molecular weight is 305 g/mol. The van der Waals surface area contributed by atoms with E-state index < -0.39 is 17.9 Å². The van der Waals surface area contributed by atoms with Crippen molar-refractivity contribution in [2.45, 2.75) is 57.4 Å². The minimum Gasteiger partial charge on any atom is -0.504 e. The van der Waals surface area contributed by atoms with Crippen LogP contribution >= 0.6 is 0 Å². The van der Waals surface area contributed by atoms with Crippen molar-refractivity contribution in [3.63, 3.8) is 0 Å². The van der Waals surface area contributed by atoms with E-state index in [1.165, 1.54) is 5.56 Å². The molecule has 0 radical (unpaired) electrons. The SMILES string of the molecule is [2H]C1([2H])CC2C3CCc4cc(O)c(OC)cc4C3CC[C@]2(C)[C@@]1([2H])O.